The summed E-state index contributed by atoms with van der Waals surface area (Å²) in [7, 11) is 0. The molecule has 0 saturated heterocycles. The monoisotopic (exact) mass is 347 g/mol. The Morgan fingerprint density at radius 1 is 1.36 bits per heavy atom. The molecular formula is C18H22FN3O3. The van der Waals surface area contributed by atoms with Crippen molar-refractivity contribution in [2.24, 2.45) is 0 Å². The number of carbonyl (C=O) groups is 2. The Balaban J connectivity index is 1.84. The van der Waals surface area contributed by atoms with E-state index >= 15 is 0 Å². The molecule has 6 nitrogen and oxygen atoms in total. The van der Waals surface area contributed by atoms with Crippen molar-refractivity contribution in [2.45, 2.75) is 38.6 Å². The van der Waals surface area contributed by atoms with Crippen LogP contribution < -0.4 is 5.32 Å². The average Bonchev–Trinajstić information content (AvgIpc) is 2.96. The largest absolute Gasteiger partial charge is 0.481 e. The predicted molar refractivity (Wildman–Crippen MR) is 90.6 cm³/mol. The van der Waals surface area contributed by atoms with Crippen LogP contribution in [0.1, 0.15) is 36.6 Å². The zero-order chi connectivity index (χ0) is 18.2. The van der Waals surface area contributed by atoms with E-state index in [-0.39, 0.29) is 18.7 Å². The van der Waals surface area contributed by atoms with Crippen molar-refractivity contribution in [2.75, 3.05) is 6.54 Å². The summed E-state index contributed by atoms with van der Waals surface area (Å²) in [4.78, 5) is 27.3. The molecule has 0 fully saturated rings. The van der Waals surface area contributed by atoms with Crippen molar-refractivity contribution in [3.05, 3.63) is 53.9 Å². The van der Waals surface area contributed by atoms with Crippen LogP contribution in [0.5, 0.6) is 0 Å². The van der Waals surface area contributed by atoms with E-state index in [1.54, 1.807) is 12.3 Å². The predicted octanol–water partition coefficient (Wildman–Crippen LogP) is 2.49. The summed E-state index contributed by atoms with van der Waals surface area (Å²) in [5.74, 6) is -1.33. The molecule has 2 aromatic rings. The van der Waals surface area contributed by atoms with Gasteiger partial charge in [0.1, 0.15) is 11.6 Å². The van der Waals surface area contributed by atoms with Crippen LogP contribution in [0, 0.1) is 12.7 Å². The number of carbonyl (C=O) groups excluding carboxylic acids is 1. The number of hydrogen-bond donors (Lipinski definition) is 2. The summed E-state index contributed by atoms with van der Waals surface area (Å²) in [5, 5.41) is 11.8. The Labute approximate surface area is 145 Å². The fourth-order valence-corrected chi connectivity index (χ4v) is 2.69. The zero-order valence-electron chi connectivity index (χ0n) is 14.1. The van der Waals surface area contributed by atoms with Crippen molar-refractivity contribution in [1.29, 1.82) is 0 Å². The average molecular weight is 347 g/mol. The van der Waals surface area contributed by atoms with Crippen LogP contribution in [0.15, 0.2) is 36.7 Å². The summed E-state index contributed by atoms with van der Waals surface area (Å²) >= 11 is 0. The van der Waals surface area contributed by atoms with E-state index in [1.165, 1.54) is 18.2 Å². The molecule has 0 aliphatic rings. The van der Waals surface area contributed by atoms with Gasteiger partial charge in [0.05, 0.1) is 6.42 Å². The molecule has 2 N–H and O–H groups in total. The maximum absolute atomic E-state index is 13.4. The van der Waals surface area contributed by atoms with E-state index in [0.29, 0.717) is 12.1 Å². The number of carboxylic acid groups (broad SMARTS) is 1. The van der Waals surface area contributed by atoms with Crippen molar-refractivity contribution in [3.63, 3.8) is 0 Å². The van der Waals surface area contributed by atoms with Crippen molar-refractivity contribution in [3.8, 4) is 0 Å². The summed E-state index contributed by atoms with van der Waals surface area (Å²) in [6, 6.07) is 5.73. The first kappa shape index (κ1) is 18.6. The fourth-order valence-electron chi connectivity index (χ4n) is 2.69. The molecular weight excluding hydrogens is 325 g/mol. The quantitative estimate of drug-likeness (QED) is 0.683. The van der Waals surface area contributed by atoms with E-state index in [4.69, 9.17) is 5.11 Å². The lowest BCUT2D eigenvalue weighted by Gasteiger charge is -2.15. The number of carboxylic acids is 1. The molecule has 0 radical (unpaired) electrons. The molecule has 1 amide bonds. The first-order valence-electron chi connectivity index (χ1n) is 8.17. The van der Waals surface area contributed by atoms with Crippen LogP contribution in [0.3, 0.4) is 0 Å². The van der Waals surface area contributed by atoms with E-state index in [0.717, 1.165) is 18.8 Å². The minimum Gasteiger partial charge on any atom is -0.481 e. The molecule has 0 aliphatic carbocycles. The van der Waals surface area contributed by atoms with Gasteiger partial charge in [0.25, 0.3) is 0 Å². The summed E-state index contributed by atoms with van der Waals surface area (Å²) in [6.45, 7) is 3.14. The summed E-state index contributed by atoms with van der Waals surface area (Å²) in [6.07, 6.45) is 4.14. The number of aliphatic carboxylic acids is 1. The molecule has 1 aromatic carbocycles. The Kier molecular flexibility index (Phi) is 6.68. The molecule has 1 heterocycles. The standard InChI is InChI=1S/C18H22FN3O3/c1-13-20-7-9-22(13)8-3-6-21-17(23)11-15(12-18(24)25)14-4-2-5-16(19)10-14/h2,4-5,7,9-10,15H,3,6,8,11-12H2,1H3,(H,21,23)(H,24,25). The van der Waals surface area contributed by atoms with E-state index in [9.17, 15) is 14.0 Å². The third-order valence-corrected chi connectivity index (χ3v) is 3.99. The minimum atomic E-state index is -1.02. The number of amides is 1. The fraction of sp³-hybridized carbons (Fsp3) is 0.389. The Hall–Kier alpha value is -2.70. The number of imidazole rings is 1. The van der Waals surface area contributed by atoms with Gasteiger partial charge in [-0.15, -0.1) is 0 Å². The molecule has 1 atom stereocenters. The number of hydrogen-bond acceptors (Lipinski definition) is 3. The van der Waals surface area contributed by atoms with Gasteiger partial charge in [0.15, 0.2) is 0 Å². The Morgan fingerprint density at radius 3 is 2.80 bits per heavy atom. The number of nitrogens with zero attached hydrogens (tertiary/aromatic N) is 2. The number of halogens is 1. The number of aryl methyl sites for hydroxylation is 2. The van der Waals surface area contributed by atoms with Gasteiger partial charge < -0.3 is 15.0 Å². The maximum atomic E-state index is 13.4. The minimum absolute atomic E-state index is 0.0137. The highest BCUT2D eigenvalue weighted by Gasteiger charge is 2.19. The second-order valence-electron chi connectivity index (χ2n) is 5.93. The first-order valence-corrected chi connectivity index (χ1v) is 8.17. The highest BCUT2D eigenvalue weighted by Crippen LogP contribution is 2.24. The molecule has 2 rings (SSSR count). The second kappa shape index (κ2) is 8.96. The van der Waals surface area contributed by atoms with Crippen LogP contribution >= 0.6 is 0 Å². The van der Waals surface area contributed by atoms with Crippen LogP contribution in [0.2, 0.25) is 0 Å². The van der Waals surface area contributed by atoms with Crippen molar-refractivity contribution < 1.29 is 19.1 Å². The first-order chi connectivity index (χ1) is 12.0. The van der Waals surface area contributed by atoms with Crippen LogP contribution in [-0.2, 0) is 16.1 Å². The SMILES string of the molecule is Cc1nccn1CCCNC(=O)CC(CC(=O)O)c1cccc(F)c1. The van der Waals surface area contributed by atoms with Crippen LogP contribution in [0.4, 0.5) is 4.39 Å². The molecule has 0 saturated carbocycles. The van der Waals surface area contributed by atoms with Crippen LogP contribution in [0.25, 0.3) is 0 Å². The van der Waals surface area contributed by atoms with E-state index < -0.39 is 17.7 Å². The second-order valence-corrected chi connectivity index (χ2v) is 5.93. The molecule has 1 aromatic heterocycles. The molecule has 7 heteroatoms. The van der Waals surface area contributed by atoms with Gasteiger partial charge in [-0.3, -0.25) is 9.59 Å². The lowest BCUT2D eigenvalue weighted by molar-refractivity contribution is -0.137. The molecule has 0 bridgehead atoms. The van der Waals surface area contributed by atoms with Gasteiger partial charge in [-0.05, 0) is 31.0 Å². The molecule has 134 valence electrons. The third kappa shape index (κ3) is 6.02. The third-order valence-electron chi connectivity index (χ3n) is 3.99. The lowest BCUT2D eigenvalue weighted by atomic mass is 9.92. The Bertz CT molecular complexity index is 730. The number of benzene rings is 1. The van der Waals surface area contributed by atoms with Gasteiger partial charge in [0, 0.05) is 37.8 Å². The zero-order valence-corrected chi connectivity index (χ0v) is 14.1. The topological polar surface area (TPSA) is 84.2 Å². The summed E-state index contributed by atoms with van der Waals surface area (Å²) in [5.41, 5.74) is 0.520. The molecule has 1 unspecified atom stereocenters. The van der Waals surface area contributed by atoms with Gasteiger partial charge in [-0.1, -0.05) is 12.1 Å². The normalized spacial score (nSPS) is 11.9. The van der Waals surface area contributed by atoms with E-state index in [2.05, 4.69) is 10.3 Å². The number of aromatic nitrogens is 2. The lowest BCUT2D eigenvalue weighted by Crippen LogP contribution is -2.27. The van der Waals surface area contributed by atoms with Crippen molar-refractivity contribution in [1.82, 2.24) is 14.9 Å². The maximum Gasteiger partial charge on any atom is 0.303 e. The van der Waals surface area contributed by atoms with Gasteiger partial charge in [-0.25, -0.2) is 9.37 Å². The van der Waals surface area contributed by atoms with Crippen LogP contribution in [-0.4, -0.2) is 33.1 Å². The summed E-state index contributed by atoms with van der Waals surface area (Å²) < 4.78 is 15.4. The molecule has 25 heavy (non-hydrogen) atoms. The highest BCUT2D eigenvalue weighted by molar-refractivity contribution is 5.78. The van der Waals surface area contributed by atoms with Crippen molar-refractivity contribution >= 4 is 11.9 Å². The molecule has 0 spiro atoms. The van der Waals surface area contributed by atoms with Gasteiger partial charge in [0.2, 0.25) is 5.91 Å². The van der Waals surface area contributed by atoms with E-state index in [1.807, 2.05) is 17.7 Å². The van der Waals surface area contributed by atoms with Gasteiger partial charge >= 0.3 is 5.97 Å². The Morgan fingerprint density at radius 2 is 2.16 bits per heavy atom. The number of nitrogens with one attached hydrogen (secondary N) is 1. The highest BCUT2D eigenvalue weighted by atomic mass is 19.1. The van der Waals surface area contributed by atoms with Gasteiger partial charge in [-0.2, -0.15) is 0 Å². The smallest absolute Gasteiger partial charge is 0.303 e. The number of rotatable bonds is 9. The molecule has 0 aliphatic heterocycles.